The normalized spacial score (nSPS) is 32.4. The summed E-state index contributed by atoms with van der Waals surface area (Å²) in [7, 11) is 0. The lowest BCUT2D eigenvalue weighted by Crippen LogP contribution is -1.89. The summed E-state index contributed by atoms with van der Waals surface area (Å²) in [6.45, 7) is 0. The van der Waals surface area contributed by atoms with Crippen molar-refractivity contribution in [3.05, 3.63) is 12.2 Å². The number of aldehydes is 2. The maximum atomic E-state index is 9.89. The van der Waals surface area contributed by atoms with Crippen LogP contribution in [0, 0.1) is 0 Å². The van der Waals surface area contributed by atoms with Gasteiger partial charge in [0.15, 0.2) is 6.29 Å². The Morgan fingerprint density at radius 1 is 1.22 bits per heavy atom. The molecule has 0 amide bonds. The molecule has 0 N–H and O–H groups in total. The maximum Gasteiger partial charge on any atom is 0.151 e. The van der Waals surface area contributed by atoms with Crippen LogP contribution in [0.5, 0.6) is 0 Å². The van der Waals surface area contributed by atoms with Crippen LogP contribution in [0.25, 0.3) is 0 Å². The number of hydrogen-bond donors (Lipinski definition) is 0. The van der Waals surface area contributed by atoms with Gasteiger partial charge in [-0.25, -0.2) is 0 Å². The number of hydrogen-bond acceptors (Lipinski definition) is 3. The van der Waals surface area contributed by atoms with Crippen molar-refractivity contribution in [2.45, 2.75) is 12.2 Å². The van der Waals surface area contributed by atoms with E-state index in [1.165, 1.54) is 6.08 Å². The molecule has 48 valence electrons. The maximum absolute atomic E-state index is 9.89. The highest BCUT2D eigenvalue weighted by Crippen LogP contribution is 2.20. The third-order valence-corrected chi connectivity index (χ3v) is 1.07. The lowest BCUT2D eigenvalue weighted by molar-refractivity contribution is -0.109. The average Bonchev–Trinajstić information content (AvgIpc) is 2.62. The van der Waals surface area contributed by atoms with Crippen LogP contribution in [0.15, 0.2) is 12.2 Å². The van der Waals surface area contributed by atoms with E-state index in [0.29, 0.717) is 6.29 Å². The molecular formula is C6H6O3. The minimum absolute atomic E-state index is 0.146. The first-order chi connectivity index (χ1) is 4.38. The Hall–Kier alpha value is -0.960. The van der Waals surface area contributed by atoms with Gasteiger partial charge in [-0.1, -0.05) is 0 Å². The van der Waals surface area contributed by atoms with E-state index in [4.69, 9.17) is 4.74 Å². The first-order valence-corrected chi connectivity index (χ1v) is 2.61. The molecular weight excluding hydrogens is 120 g/mol. The van der Waals surface area contributed by atoms with Crippen LogP contribution < -0.4 is 0 Å². The molecule has 9 heavy (non-hydrogen) atoms. The van der Waals surface area contributed by atoms with Crippen LogP contribution >= 0.6 is 0 Å². The van der Waals surface area contributed by atoms with Crippen molar-refractivity contribution in [1.82, 2.24) is 0 Å². The largest absolute Gasteiger partial charge is 0.357 e. The van der Waals surface area contributed by atoms with Crippen LogP contribution in [-0.4, -0.2) is 24.8 Å². The molecule has 1 saturated heterocycles. The molecule has 0 saturated carbocycles. The summed E-state index contributed by atoms with van der Waals surface area (Å²) >= 11 is 0. The third kappa shape index (κ3) is 1.47. The van der Waals surface area contributed by atoms with Crippen molar-refractivity contribution >= 4 is 12.6 Å². The predicted molar refractivity (Wildman–Crippen MR) is 29.9 cm³/mol. The highest BCUT2D eigenvalue weighted by Gasteiger charge is 2.35. The molecule has 1 fully saturated rings. The van der Waals surface area contributed by atoms with Crippen LogP contribution in [-0.2, 0) is 14.3 Å². The smallest absolute Gasteiger partial charge is 0.151 e. The van der Waals surface area contributed by atoms with E-state index in [1.807, 2.05) is 0 Å². The summed E-state index contributed by atoms with van der Waals surface area (Å²) in [6, 6.07) is 0. The van der Waals surface area contributed by atoms with E-state index in [1.54, 1.807) is 6.08 Å². The summed E-state index contributed by atoms with van der Waals surface area (Å²) in [5.74, 6) is 0. The number of carbonyl (C=O) groups is 2. The van der Waals surface area contributed by atoms with Gasteiger partial charge in [0.2, 0.25) is 0 Å². The first-order valence-electron chi connectivity index (χ1n) is 2.61. The molecule has 1 rings (SSSR count). The van der Waals surface area contributed by atoms with Crippen LogP contribution in [0.4, 0.5) is 0 Å². The highest BCUT2D eigenvalue weighted by atomic mass is 16.6. The molecule has 2 atom stereocenters. The molecule has 0 aromatic rings. The number of allylic oxidation sites excluding steroid dienone is 1. The number of epoxide rings is 1. The summed E-state index contributed by atoms with van der Waals surface area (Å²) in [4.78, 5) is 19.6. The monoisotopic (exact) mass is 126 g/mol. The zero-order valence-electron chi connectivity index (χ0n) is 4.69. The number of carbonyl (C=O) groups excluding carboxylic acids is 2. The minimum Gasteiger partial charge on any atom is -0.357 e. The minimum atomic E-state index is -0.304. The second kappa shape index (κ2) is 2.55. The van der Waals surface area contributed by atoms with E-state index in [2.05, 4.69) is 0 Å². The quantitative estimate of drug-likeness (QED) is 0.296. The fourth-order valence-electron chi connectivity index (χ4n) is 0.555. The van der Waals surface area contributed by atoms with Gasteiger partial charge in [-0.15, -0.1) is 0 Å². The van der Waals surface area contributed by atoms with Gasteiger partial charge >= 0.3 is 0 Å². The van der Waals surface area contributed by atoms with E-state index >= 15 is 0 Å². The molecule has 1 aliphatic heterocycles. The Kier molecular flexibility index (Phi) is 1.75. The topological polar surface area (TPSA) is 46.7 Å². The van der Waals surface area contributed by atoms with Crippen molar-refractivity contribution in [2.75, 3.05) is 0 Å². The van der Waals surface area contributed by atoms with Crippen molar-refractivity contribution in [3.8, 4) is 0 Å². The molecule has 0 radical (unpaired) electrons. The van der Waals surface area contributed by atoms with E-state index < -0.39 is 0 Å². The van der Waals surface area contributed by atoms with Crippen LogP contribution in [0.3, 0.4) is 0 Å². The van der Waals surface area contributed by atoms with Crippen molar-refractivity contribution in [1.29, 1.82) is 0 Å². The number of rotatable bonds is 3. The average molecular weight is 126 g/mol. The van der Waals surface area contributed by atoms with Gasteiger partial charge < -0.3 is 9.53 Å². The van der Waals surface area contributed by atoms with Gasteiger partial charge in [0, 0.05) is 0 Å². The van der Waals surface area contributed by atoms with Gasteiger partial charge in [0.05, 0.1) is 0 Å². The summed E-state index contributed by atoms with van der Waals surface area (Å²) in [6.07, 6.45) is 3.82. The molecule has 0 spiro atoms. The highest BCUT2D eigenvalue weighted by molar-refractivity contribution is 5.67. The molecule has 0 bridgehead atoms. The Morgan fingerprint density at radius 2 is 2.00 bits per heavy atom. The molecule has 3 heteroatoms. The second-order valence-corrected chi connectivity index (χ2v) is 1.72. The molecule has 1 heterocycles. The van der Waals surface area contributed by atoms with Crippen LogP contribution in [0.1, 0.15) is 0 Å². The zero-order valence-corrected chi connectivity index (χ0v) is 4.69. The van der Waals surface area contributed by atoms with E-state index in [-0.39, 0.29) is 12.2 Å². The van der Waals surface area contributed by atoms with E-state index in [9.17, 15) is 9.59 Å². The summed E-state index contributed by atoms with van der Waals surface area (Å²) in [5.41, 5.74) is 0. The SMILES string of the molecule is O=C/C=C/C1OC1C=O. The third-order valence-electron chi connectivity index (χ3n) is 1.07. The van der Waals surface area contributed by atoms with Gasteiger partial charge in [-0.3, -0.25) is 4.79 Å². The molecule has 0 aromatic carbocycles. The van der Waals surface area contributed by atoms with E-state index in [0.717, 1.165) is 6.29 Å². The fourth-order valence-corrected chi connectivity index (χ4v) is 0.555. The fraction of sp³-hybridized carbons (Fsp3) is 0.333. The van der Waals surface area contributed by atoms with Crippen LogP contribution in [0.2, 0.25) is 0 Å². The summed E-state index contributed by atoms with van der Waals surface area (Å²) < 4.78 is 4.75. The van der Waals surface area contributed by atoms with Gasteiger partial charge in [-0.2, -0.15) is 0 Å². The molecule has 3 nitrogen and oxygen atoms in total. The van der Waals surface area contributed by atoms with Gasteiger partial charge in [0.25, 0.3) is 0 Å². The number of ether oxygens (including phenoxy) is 1. The van der Waals surface area contributed by atoms with Crippen molar-refractivity contribution in [2.24, 2.45) is 0 Å². The predicted octanol–water partition coefficient (Wildman–Crippen LogP) is -0.292. The van der Waals surface area contributed by atoms with Crippen molar-refractivity contribution < 1.29 is 14.3 Å². The standard InChI is InChI=1S/C6H6O3/c7-3-1-2-5-6(4-8)9-5/h1-6H/b2-1+. The molecule has 0 aliphatic carbocycles. The Bertz CT molecular complexity index is 150. The molecule has 2 unspecified atom stereocenters. The molecule has 0 aromatic heterocycles. The lowest BCUT2D eigenvalue weighted by Gasteiger charge is -1.68. The second-order valence-electron chi connectivity index (χ2n) is 1.72. The zero-order chi connectivity index (χ0) is 6.69. The molecule has 1 aliphatic rings. The first kappa shape index (κ1) is 6.16. The van der Waals surface area contributed by atoms with Gasteiger partial charge in [0.1, 0.15) is 18.5 Å². The summed E-state index contributed by atoms with van der Waals surface area (Å²) in [5, 5.41) is 0. The Labute approximate surface area is 52.3 Å². The Balaban J connectivity index is 2.26. The Morgan fingerprint density at radius 3 is 2.44 bits per heavy atom. The lowest BCUT2D eigenvalue weighted by atomic mass is 10.3. The van der Waals surface area contributed by atoms with Crippen molar-refractivity contribution in [3.63, 3.8) is 0 Å². The van der Waals surface area contributed by atoms with Gasteiger partial charge in [-0.05, 0) is 12.2 Å².